The van der Waals surface area contributed by atoms with Gasteiger partial charge in [0.25, 0.3) is 0 Å². The molecular weight excluding hydrogens is 245 g/mol. The van der Waals surface area contributed by atoms with Crippen molar-refractivity contribution in [3.05, 3.63) is 17.8 Å². The first kappa shape index (κ1) is 13.1. The van der Waals surface area contributed by atoms with Gasteiger partial charge in [0.05, 0.1) is 0 Å². The van der Waals surface area contributed by atoms with Gasteiger partial charge in [-0.25, -0.2) is 0 Å². The average Bonchev–Trinajstić information content (AvgIpc) is 2.32. The van der Waals surface area contributed by atoms with Crippen molar-refractivity contribution in [2.75, 3.05) is 5.32 Å². The third kappa shape index (κ3) is 3.10. The monoisotopic (exact) mass is 260 g/mol. The van der Waals surface area contributed by atoms with E-state index in [1.165, 1.54) is 6.07 Å². The van der Waals surface area contributed by atoms with Gasteiger partial charge in [-0.1, -0.05) is 12.8 Å². The first-order valence-electron chi connectivity index (χ1n) is 5.90. The quantitative estimate of drug-likeness (QED) is 0.855. The highest BCUT2D eigenvalue weighted by Gasteiger charge is 2.33. The van der Waals surface area contributed by atoms with Gasteiger partial charge in [0.2, 0.25) is 0 Å². The molecule has 0 aromatic carbocycles. The second-order valence-electron chi connectivity index (χ2n) is 4.50. The van der Waals surface area contributed by atoms with Gasteiger partial charge in [0.1, 0.15) is 5.82 Å². The van der Waals surface area contributed by atoms with E-state index in [0.717, 1.165) is 31.7 Å². The summed E-state index contributed by atoms with van der Waals surface area (Å²) >= 11 is 0. The molecule has 1 aromatic heterocycles. The molecule has 0 amide bonds. The average molecular weight is 260 g/mol. The zero-order valence-corrected chi connectivity index (χ0v) is 9.74. The zero-order chi connectivity index (χ0) is 13.2. The van der Waals surface area contributed by atoms with Crippen molar-refractivity contribution in [2.45, 2.75) is 43.9 Å². The van der Waals surface area contributed by atoms with Gasteiger partial charge < -0.3 is 11.1 Å². The Bertz CT molecular complexity index is 390. The van der Waals surface area contributed by atoms with Crippen molar-refractivity contribution in [1.29, 1.82) is 0 Å². The predicted octanol–water partition coefficient (Wildman–Crippen LogP) is 2.18. The highest BCUT2D eigenvalue weighted by atomic mass is 19.4. The topological polar surface area (TPSA) is 63.8 Å². The molecule has 2 atom stereocenters. The Labute approximate surface area is 103 Å². The Hall–Kier alpha value is -1.37. The molecule has 0 saturated heterocycles. The number of hydrogen-bond donors (Lipinski definition) is 2. The second-order valence-corrected chi connectivity index (χ2v) is 4.50. The maximum atomic E-state index is 12.3. The van der Waals surface area contributed by atoms with Crippen LogP contribution >= 0.6 is 0 Å². The molecule has 0 spiro atoms. The fourth-order valence-electron chi connectivity index (χ4n) is 2.09. The van der Waals surface area contributed by atoms with Crippen LogP contribution in [0.25, 0.3) is 0 Å². The second kappa shape index (κ2) is 5.09. The van der Waals surface area contributed by atoms with Crippen LogP contribution in [0, 0.1) is 0 Å². The summed E-state index contributed by atoms with van der Waals surface area (Å²) in [5.74, 6) is 0.338. The summed E-state index contributed by atoms with van der Waals surface area (Å²) in [5, 5.41) is 9.74. The van der Waals surface area contributed by atoms with Crippen LogP contribution in [0.3, 0.4) is 0 Å². The predicted molar refractivity (Wildman–Crippen MR) is 60.9 cm³/mol. The summed E-state index contributed by atoms with van der Waals surface area (Å²) in [6, 6.07) is 2.29. The number of nitrogens with one attached hydrogen (secondary N) is 1. The lowest BCUT2D eigenvalue weighted by molar-refractivity contribution is -0.141. The van der Waals surface area contributed by atoms with Crippen LogP contribution in [0.2, 0.25) is 0 Å². The van der Waals surface area contributed by atoms with Crippen LogP contribution in [0.15, 0.2) is 12.1 Å². The molecule has 2 unspecified atom stereocenters. The summed E-state index contributed by atoms with van der Waals surface area (Å²) in [5.41, 5.74) is 4.95. The lowest BCUT2D eigenvalue weighted by Crippen LogP contribution is -2.42. The molecule has 1 aliphatic rings. The molecule has 1 heterocycles. The Morgan fingerprint density at radius 2 is 1.89 bits per heavy atom. The van der Waals surface area contributed by atoms with Gasteiger partial charge >= 0.3 is 6.18 Å². The van der Waals surface area contributed by atoms with Crippen LogP contribution in [0.4, 0.5) is 19.0 Å². The normalized spacial score (nSPS) is 24.9. The molecule has 0 bridgehead atoms. The van der Waals surface area contributed by atoms with Crippen molar-refractivity contribution in [3.8, 4) is 0 Å². The Kier molecular flexibility index (Phi) is 3.70. The number of alkyl halides is 3. The van der Waals surface area contributed by atoms with E-state index in [1.807, 2.05) is 0 Å². The molecule has 7 heteroatoms. The molecule has 1 aromatic rings. The summed E-state index contributed by atoms with van der Waals surface area (Å²) in [6.45, 7) is 0. The van der Waals surface area contributed by atoms with Crippen molar-refractivity contribution in [2.24, 2.45) is 5.73 Å². The fourth-order valence-corrected chi connectivity index (χ4v) is 2.09. The fraction of sp³-hybridized carbons (Fsp3) is 0.636. The molecule has 100 valence electrons. The number of nitrogens with zero attached hydrogens (tertiary/aromatic N) is 2. The number of anilines is 1. The van der Waals surface area contributed by atoms with Crippen LogP contribution in [-0.4, -0.2) is 22.3 Å². The highest BCUT2D eigenvalue weighted by molar-refractivity contribution is 5.35. The van der Waals surface area contributed by atoms with E-state index in [9.17, 15) is 13.2 Å². The molecule has 18 heavy (non-hydrogen) atoms. The number of aromatic nitrogens is 2. The van der Waals surface area contributed by atoms with Gasteiger partial charge in [0.15, 0.2) is 5.69 Å². The largest absolute Gasteiger partial charge is 0.435 e. The van der Waals surface area contributed by atoms with Gasteiger partial charge in [-0.15, -0.1) is 10.2 Å². The van der Waals surface area contributed by atoms with Crippen molar-refractivity contribution in [3.63, 3.8) is 0 Å². The molecular formula is C11H15F3N4. The van der Waals surface area contributed by atoms with Gasteiger partial charge in [-0.05, 0) is 25.0 Å². The Morgan fingerprint density at radius 1 is 1.17 bits per heavy atom. The first-order valence-corrected chi connectivity index (χ1v) is 5.90. The van der Waals surface area contributed by atoms with E-state index in [1.54, 1.807) is 0 Å². The molecule has 0 aliphatic heterocycles. The Balaban J connectivity index is 2.02. The lowest BCUT2D eigenvalue weighted by atomic mass is 9.91. The van der Waals surface area contributed by atoms with Crippen LogP contribution in [0.5, 0.6) is 0 Å². The Morgan fingerprint density at radius 3 is 2.44 bits per heavy atom. The van der Waals surface area contributed by atoms with Gasteiger partial charge in [-0.2, -0.15) is 13.2 Å². The van der Waals surface area contributed by atoms with Crippen molar-refractivity contribution in [1.82, 2.24) is 10.2 Å². The smallest absolute Gasteiger partial charge is 0.364 e. The minimum atomic E-state index is -4.45. The van der Waals surface area contributed by atoms with Gasteiger partial charge in [0, 0.05) is 12.1 Å². The lowest BCUT2D eigenvalue weighted by Gasteiger charge is -2.29. The van der Waals surface area contributed by atoms with Crippen LogP contribution < -0.4 is 11.1 Å². The number of nitrogens with two attached hydrogens (primary N) is 1. The standard InChI is InChI=1S/C11H15F3N4/c12-11(13,14)9-5-6-10(18-17-9)16-8-4-2-1-3-7(8)15/h5-8H,1-4,15H2,(H,16,18). The zero-order valence-electron chi connectivity index (χ0n) is 9.74. The minimum Gasteiger partial charge on any atom is -0.364 e. The van der Waals surface area contributed by atoms with E-state index in [-0.39, 0.29) is 12.1 Å². The van der Waals surface area contributed by atoms with Crippen molar-refractivity contribution < 1.29 is 13.2 Å². The van der Waals surface area contributed by atoms with E-state index < -0.39 is 11.9 Å². The first-order chi connectivity index (χ1) is 8.47. The highest BCUT2D eigenvalue weighted by Crippen LogP contribution is 2.27. The molecule has 2 rings (SSSR count). The van der Waals surface area contributed by atoms with E-state index >= 15 is 0 Å². The van der Waals surface area contributed by atoms with E-state index in [4.69, 9.17) is 5.73 Å². The number of hydrogen-bond acceptors (Lipinski definition) is 4. The molecule has 1 saturated carbocycles. The number of halogens is 3. The minimum absolute atomic E-state index is 0.0165. The summed E-state index contributed by atoms with van der Waals surface area (Å²) in [7, 11) is 0. The summed E-state index contributed by atoms with van der Waals surface area (Å²) in [6.07, 6.45) is -0.458. The third-order valence-corrected chi connectivity index (χ3v) is 3.11. The maximum absolute atomic E-state index is 12.3. The van der Waals surface area contributed by atoms with Gasteiger partial charge in [-0.3, -0.25) is 0 Å². The SMILES string of the molecule is NC1CCCCC1Nc1ccc(C(F)(F)F)nn1. The third-order valence-electron chi connectivity index (χ3n) is 3.11. The summed E-state index contributed by atoms with van der Waals surface area (Å²) < 4.78 is 36.9. The van der Waals surface area contributed by atoms with E-state index in [0.29, 0.717) is 5.82 Å². The summed E-state index contributed by atoms with van der Waals surface area (Å²) in [4.78, 5) is 0. The molecule has 4 nitrogen and oxygen atoms in total. The molecule has 3 N–H and O–H groups in total. The molecule has 1 aliphatic carbocycles. The van der Waals surface area contributed by atoms with Crippen LogP contribution in [-0.2, 0) is 6.18 Å². The maximum Gasteiger partial charge on any atom is 0.435 e. The van der Waals surface area contributed by atoms with E-state index in [2.05, 4.69) is 15.5 Å². The molecule has 0 radical (unpaired) electrons. The van der Waals surface area contributed by atoms with Crippen LogP contribution in [0.1, 0.15) is 31.4 Å². The van der Waals surface area contributed by atoms with Crippen molar-refractivity contribution >= 4 is 5.82 Å². The number of rotatable bonds is 2. The molecule has 1 fully saturated rings.